The first-order chi connectivity index (χ1) is 16.9. The van der Waals surface area contributed by atoms with Crippen LogP contribution in [-0.4, -0.2) is 81.7 Å². The first-order valence-corrected chi connectivity index (χ1v) is 11.2. The second kappa shape index (κ2) is 10.0. The van der Waals surface area contributed by atoms with E-state index >= 15 is 0 Å². The molecule has 2 saturated heterocycles. The number of carbonyl (C=O) groups is 1. The normalized spacial score (nSPS) is 19.7. The minimum absolute atomic E-state index is 0.0899. The van der Waals surface area contributed by atoms with E-state index in [-0.39, 0.29) is 29.9 Å². The summed E-state index contributed by atoms with van der Waals surface area (Å²) in [6.07, 6.45) is -7.04. The van der Waals surface area contributed by atoms with Gasteiger partial charge in [-0.05, 0) is 19.0 Å². The van der Waals surface area contributed by atoms with E-state index in [1.807, 2.05) is 10.00 Å². The number of halogens is 6. The molecule has 0 aromatic carbocycles. The van der Waals surface area contributed by atoms with Gasteiger partial charge in [0.2, 0.25) is 11.9 Å². The largest absolute Gasteiger partial charge is 0.421 e. The van der Waals surface area contributed by atoms with E-state index in [0.29, 0.717) is 52.2 Å². The fraction of sp³-hybridized carbons (Fsp3) is 0.571. The van der Waals surface area contributed by atoms with Crippen LogP contribution >= 0.6 is 0 Å². The van der Waals surface area contributed by atoms with Crippen molar-refractivity contribution < 1.29 is 31.1 Å². The highest BCUT2D eigenvalue weighted by molar-refractivity contribution is 5.76. The van der Waals surface area contributed by atoms with Crippen LogP contribution in [0.5, 0.6) is 0 Å². The third-order valence-corrected chi connectivity index (χ3v) is 6.34. The van der Waals surface area contributed by atoms with E-state index in [0.717, 1.165) is 18.5 Å². The molecule has 0 radical (unpaired) electrons. The van der Waals surface area contributed by atoms with Crippen LogP contribution in [-0.2, 0) is 17.1 Å². The Labute approximate surface area is 201 Å². The van der Waals surface area contributed by atoms with Gasteiger partial charge in [0, 0.05) is 64.0 Å². The summed E-state index contributed by atoms with van der Waals surface area (Å²) in [6, 6.07) is 0.790. The molecule has 1 amide bonds. The van der Waals surface area contributed by atoms with E-state index in [9.17, 15) is 35.9 Å². The van der Waals surface area contributed by atoms with Gasteiger partial charge >= 0.3 is 12.4 Å². The van der Waals surface area contributed by atoms with Crippen LogP contribution in [0.3, 0.4) is 0 Å². The summed E-state index contributed by atoms with van der Waals surface area (Å²) in [7, 11) is 0. The number of anilines is 1. The lowest BCUT2D eigenvalue weighted by Gasteiger charge is -2.35. The standard InChI is InChI=1S/C21H23F6N7O2/c22-20(23,24)14-10-28-19(29-11-14)34-7-5-33(6-8-34)17(35)2-4-32-3-1-13(12-32)16-9-15(21(25,26)27)18(36)31-30-16/h9-11,13H,1-8,12H2,(H,31,36). The third-order valence-electron chi connectivity index (χ3n) is 6.34. The molecule has 0 spiro atoms. The van der Waals surface area contributed by atoms with E-state index in [1.54, 1.807) is 9.80 Å². The summed E-state index contributed by atoms with van der Waals surface area (Å²) in [5.74, 6) is -0.207. The molecule has 0 saturated carbocycles. The predicted octanol–water partition coefficient (Wildman–Crippen LogP) is 2.13. The highest BCUT2D eigenvalue weighted by atomic mass is 19.4. The number of carbonyl (C=O) groups excluding carboxylic acids is 1. The van der Waals surface area contributed by atoms with Crippen LogP contribution in [0.2, 0.25) is 0 Å². The molecule has 2 aromatic rings. The molecule has 4 rings (SSSR count). The summed E-state index contributed by atoms with van der Waals surface area (Å²) >= 11 is 0. The van der Waals surface area contributed by atoms with Crippen molar-refractivity contribution in [2.45, 2.75) is 31.1 Å². The molecule has 9 nitrogen and oxygen atoms in total. The van der Waals surface area contributed by atoms with Crippen molar-refractivity contribution in [3.63, 3.8) is 0 Å². The maximum absolute atomic E-state index is 13.0. The number of hydrogen-bond acceptors (Lipinski definition) is 7. The van der Waals surface area contributed by atoms with E-state index in [1.165, 1.54) is 0 Å². The summed E-state index contributed by atoms with van der Waals surface area (Å²) < 4.78 is 77.0. The molecule has 1 atom stereocenters. The van der Waals surface area contributed by atoms with Gasteiger partial charge in [0.1, 0.15) is 5.56 Å². The van der Waals surface area contributed by atoms with Gasteiger partial charge in [-0.1, -0.05) is 0 Å². The summed E-state index contributed by atoms with van der Waals surface area (Å²) in [6.45, 7) is 2.92. The monoisotopic (exact) mass is 519 g/mol. The van der Waals surface area contributed by atoms with Gasteiger partial charge in [-0.15, -0.1) is 0 Å². The number of likely N-dealkylation sites (tertiary alicyclic amines) is 1. The van der Waals surface area contributed by atoms with Crippen LogP contribution in [0.4, 0.5) is 32.3 Å². The Hall–Kier alpha value is -3.23. The van der Waals surface area contributed by atoms with Crippen LogP contribution in [0.25, 0.3) is 0 Å². The SMILES string of the molecule is O=C(CCN1CCC(c2cc(C(F)(F)F)c(=O)[nH]n2)C1)N1CCN(c2ncc(C(F)(F)F)cn2)CC1. The van der Waals surface area contributed by atoms with Crippen molar-refractivity contribution in [1.82, 2.24) is 30.0 Å². The van der Waals surface area contributed by atoms with Crippen molar-refractivity contribution in [1.29, 1.82) is 0 Å². The fourth-order valence-corrected chi connectivity index (χ4v) is 4.32. The number of H-pyrrole nitrogens is 1. The number of aromatic amines is 1. The van der Waals surface area contributed by atoms with Crippen LogP contribution in [0.1, 0.15) is 35.6 Å². The van der Waals surface area contributed by atoms with Crippen molar-refractivity contribution in [2.24, 2.45) is 0 Å². The van der Waals surface area contributed by atoms with Crippen molar-refractivity contribution in [3.05, 3.63) is 45.6 Å². The van der Waals surface area contributed by atoms with Crippen molar-refractivity contribution in [2.75, 3.05) is 50.7 Å². The van der Waals surface area contributed by atoms with Crippen molar-refractivity contribution >= 4 is 11.9 Å². The molecular weight excluding hydrogens is 496 g/mol. The number of hydrogen-bond donors (Lipinski definition) is 1. The molecule has 0 aliphatic carbocycles. The average molecular weight is 519 g/mol. The molecule has 1 unspecified atom stereocenters. The quantitative estimate of drug-likeness (QED) is 0.605. The topological polar surface area (TPSA) is 98.3 Å². The molecule has 36 heavy (non-hydrogen) atoms. The zero-order valence-corrected chi connectivity index (χ0v) is 18.9. The van der Waals surface area contributed by atoms with E-state index in [2.05, 4.69) is 15.1 Å². The van der Waals surface area contributed by atoms with Crippen LogP contribution in [0.15, 0.2) is 23.3 Å². The predicted molar refractivity (Wildman–Crippen MR) is 114 cm³/mol. The number of alkyl halides is 6. The summed E-state index contributed by atoms with van der Waals surface area (Å²) in [5, 5.41) is 5.69. The lowest BCUT2D eigenvalue weighted by molar-refractivity contribution is -0.139. The third kappa shape index (κ3) is 5.94. The Bertz CT molecular complexity index is 1130. The number of nitrogens with one attached hydrogen (secondary N) is 1. The Morgan fingerprint density at radius 3 is 2.28 bits per heavy atom. The molecule has 2 aliphatic rings. The first-order valence-electron chi connectivity index (χ1n) is 11.2. The van der Waals surface area contributed by atoms with Gasteiger partial charge in [-0.3, -0.25) is 9.59 Å². The highest BCUT2D eigenvalue weighted by Gasteiger charge is 2.36. The highest BCUT2D eigenvalue weighted by Crippen LogP contribution is 2.31. The molecule has 2 aliphatic heterocycles. The molecule has 4 heterocycles. The van der Waals surface area contributed by atoms with Crippen LogP contribution < -0.4 is 10.5 Å². The number of rotatable bonds is 5. The fourth-order valence-electron chi connectivity index (χ4n) is 4.32. The van der Waals surface area contributed by atoms with Gasteiger partial charge in [-0.25, -0.2) is 15.1 Å². The smallest absolute Gasteiger partial charge is 0.339 e. The van der Waals surface area contributed by atoms with E-state index in [4.69, 9.17) is 0 Å². The lowest BCUT2D eigenvalue weighted by Crippen LogP contribution is -2.49. The van der Waals surface area contributed by atoms with Crippen LogP contribution in [0, 0.1) is 0 Å². The number of aromatic nitrogens is 4. The summed E-state index contributed by atoms with van der Waals surface area (Å²) in [4.78, 5) is 37.0. The number of amides is 1. The van der Waals surface area contributed by atoms with Gasteiger partial charge in [0.25, 0.3) is 5.56 Å². The Morgan fingerprint density at radius 2 is 1.67 bits per heavy atom. The molecule has 2 aromatic heterocycles. The van der Waals surface area contributed by atoms with Gasteiger partial charge in [-0.2, -0.15) is 31.4 Å². The molecule has 196 valence electrons. The summed E-state index contributed by atoms with van der Waals surface area (Å²) in [5.41, 5.74) is -3.32. The molecule has 0 bridgehead atoms. The van der Waals surface area contributed by atoms with Gasteiger partial charge in [0.15, 0.2) is 0 Å². The average Bonchev–Trinajstić information content (AvgIpc) is 3.31. The Kier molecular flexibility index (Phi) is 7.20. The molecular formula is C21H23F6N7O2. The lowest BCUT2D eigenvalue weighted by atomic mass is 10.0. The molecule has 1 N–H and O–H groups in total. The molecule has 2 fully saturated rings. The van der Waals surface area contributed by atoms with Gasteiger partial charge < -0.3 is 14.7 Å². The van der Waals surface area contributed by atoms with E-state index < -0.39 is 29.0 Å². The zero-order valence-electron chi connectivity index (χ0n) is 18.9. The minimum atomic E-state index is -4.77. The number of nitrogens with zero attached hydrogens (tertiary/aromatic N) is 6. The second-order valence-electron chi connectivity index (χ2n) is 8.71. The number of piperazine rings is 1. The van der Waals surface area contributed by atoms with Crippen molar-refractivity contribution in [3.8, 4) is 0 Å². The maximum atomic E-state index is 13.0. The zero-order chi connectivity index (χ0) is 26.1. The maximum Gasteiger partial charge on any atom is 0.421 e. The Balaban J connectivity index is 1.24. The first kappa shape index (κ1) is 25.9. The molecule has 15 heteroatoms. The second-order valence-corrected chi connectivity index (χ2v) is 8.71. The van der Waals surface area contributed by atoms with Gasteiger partial charge in [0.05, 0.1) is 11.3 Å². The Morgan fingerprint density at radius 1 is 1.00 bits per heavy atom. The minimum Gasteiger partial charge on any atom is -0.339 e.